The summed E-state index contributed by atoms with van der Waals surface area (Å²) in [5, 5.41) is 1.12. The summed E-state index contributed by atoms with van der Waals surface area (Å²) in [7, 11) is 4.18. The van der Waals surface area contributed by atoms with Crippen LogP contribution in [0.1, 0.15) is 24.4 Å². The summed E-state index contributed by atoms with van der Waals surface area (Å²) in [4.78, 5) is 23.6. The van der Waals surface area contributed by atoms with Crippen LogP contribution in [-0.4, -0.2) is 72.4 Å². The zero-order valence-electron chi connectivity index (χ0n) is 14.7. The minimum Gasteiger partial charge on any atom is -0.340 e. The van der Waals surface area contributed by atoms with Gasteiger partial charge >= 0.3 is 0 Å². The van der Waals surface area contributed by atoms with Crippen molar-refractivity contribution >= 4 is 27.5 Å². The van der Waals surface area contributed by atoms with E-state index in [1.807, 2.05) is 17.0 Å². The quantitative estimate of drug-likeness (QED) is 0.834. The molecule has 0 radical (unpaired) electrons. The van der Waals surface area contributed by atoms with Crippen molar-refractivity contribution in [2.75, 3.05) is 46.8 Å². The number of amides is 1. The molecule has 2 aromatic rings. The first-order chi connectivity index (χ1) is 11.5. The molecule has 0 N–H and O–H groups in total. The highest BCUT2D eigenvalue weighted by Crippen LogP contribution is 2.28. The van der Waals surface area contributed by atoms with Crippen LogP contribution in [0.5, 0.6) is 0 Å². The maximum absolute atomic E-state index is 12.4. The predicted octanol–water partition coefficient (Wildman–Crippen LogP) is 2.45. The van der Waals surface area contributed by atoms with Gasteiger partial charge in [-0.3, -0.25) is 9.69 Å². The Hall–Kier alpha value is -1.50. The number of aromatic nitrogens is 1. The lowest BCUT2D eigenvalue weighted by atomic mass is 10.2. The van der Waals surface area contributed by atoms with Crippen molar-refractivity contribution in [3.8, 4) is 0 Å². The molecule has 0 aliphatic carbocycles. The molecule has 1 fully saturated rings. The Kier molecular flexibility index (Phi) is 5.48. The third kappa shape index (κ3) is 3.94. The maximum atomic E-state index is 12.4. The second kappa shape index (κ2) is 7.59. The number of nitrogens with zero attached hydrogens (tertiary/aromatic N) is 4. The second-order valence-electron chi connectivity index (χ2n) is 6.61. The Morgan fingerprint density at radius 1 is 1.29 bits per heavy atom. The predicted molar refractivity (Wildman–Crippen MR) is 99.4 cm³/mol. The smallest absolute Gasteiger partial charge is 0.223 e. The minimum atomic E-state index is 0.225. The summed E-state index contributed by atoms with van der Waals surface area (Å²) < 4.78 is 1.22. The highest BCUT2D eigenvalue weighted by Gasteiger charge is 2.21. The van der Waals surface area contributed by atoms with E-state index in [9.17, 15) is 4.79 Å². The summed E-state index contributed by atoms with van der Waals surface area (Å²) in [5.74, 6) is 0.270. The van der Waals surface area contributed by atoms with E-state index in [0.717, 1.165) is 43.2 Å². The van der Waals surface area contributed by atoms with Gasteiger partial charge in [-0.25, -0.2) is 4.98 Å². The molecule has 1 aliphatic heterocycles. The van der Waals surface area contributed by atoms with Gasteiger partial charge in [0.1, 0.15) is 5.01 Å². The van der Waals surface area contributed by atoms with Crippen molar-refractivity contribution < 1.29 is 4.79 Å². The van der Waals surface area contributed by atoms with Gasteiger partial charge in [-0.2, -0.15) is 0 Å². The summed E-state index contributed by atoms with van der Waals surface area (Å²) in [6, 6.07) is 8.46. The number of benzene rings is 1. The summed E-state index contributed by atoms with van der Waals surface area (Å²) in [6.45, 7) is 6.59. The highest BCUT2D eigenvalue weighted by atomic mass is 32.1. The van der Waals surface area contributed by atoms with Crippen LogP contribution in [0.15, 0.2) is 24.3 Å². The number of rotatable bonds is 5. The van der Waals surface area contributed by atoms with E-state index in [0.29, 0.717) is 6.42 Å². The molecule has 0 saturated carbocycles. The van der Waals surface area contributed by atoms with Crippen molar-refractivity contribution in [2.45, 2.75) is 19.4 Å². The lowest BCUT2D eigenvalue weighted by Gasteiger charge is -2.33. The molecule has 1 amide bonds. The normalized spacial score (nSPS) is 17.6. The Labute approximate surface area is 147 Å². The molecule has 1 aliphatic rings. The number of para-hydroxylation sites is 1. The van der Waals surface area contributed by atoms with Gasteiger partial charge in [0.2, 0.25) is 5.91 Å². The first-order valence-corrected chi connectivity index (χ1v) is 9.38. The second-order valence-corrected chi connectivity index (χ2v) is 7.67. The molecule has 3 rings (SSSR count). The number of piperazine rings is 1. The van der Waals surface area contributed by atoms with Gasteiger partial charge in [0.05, 0.1) is 16.3 Å². The molecule has 0 bridgehead atoms. The van der Waals surface area contributed by atoms with Crippen molar-refractivity contribution in [3.05, 3.63) is 29.3 Å². The zero-order chi connectivity index (χ0) is 17.1. The van der Waals surface area contributed by atoms with E-state index in [4.69, 9.17) is 4.98 Å². The van der Waals surface area contributed by atoms with Crippen LogP contribution in [0.2, 0.25) is 0 Å². The fraction of sp³-hybridized carbons (Fsp3) is 0.556. The number of carbonyl (C=O) groups excluding carboxylic acids is 1. The maximum Gasteiger partial charge on any atom is 0.223 e. The molecule has 1 unspecified atom stereocenters. The highest BCUT2D eigenvalue weighted by molar-refractivity contribution is 7.18. The lowest BCUT2D eigenvalue weighted by Crippen LogP contribution is -2.47. The van der Waals surface area contributed by atoms with E-state index in [-0.39, 0.29) is 11.9 Å². The minimum absolute atomic E-state index is 0.225. The van der Waals surface area contributed by atoms with E-state index in [2.05, 4.69) is 43.0 Å². The fourth-order valence-corrected chi connectivity index (χ4v) is 4.02. The Balaban J connectivity index is 1.54. The number of hydrogen-bond donors (Lipinski definition) is 0. The Morgan fingerprint density at radius 3 is 2.71 bits per heavy atom. The third-order valence-electron chi connectivity index (χ3n) is 4.86. The van der Waals surface area contributed by atoms with Crippen LogP contribution < -0.4 is 0 Å². The molecular weight excluding hydrogens is 320 g/mol. The monoisotopic (exact) mass is 346 g/mol. The van der Waals surface area contributed by atoms with Crippen LogP contribution in [-0.2, 0) is 4.79 Å². The van der Waals surface area contributed by atoms with Crippen LogP contribution >= 0.6 is 11.3 Å². The summed E-state index contributed by atoms with van der Waals surface area (Å²) in [5.41, 5.74) is 1.06. The molecule has 2 heterocycles. The number of fused-ring (bicyclic) bond motifs is 1. The number of hydrogen-bond acceptors (Lipinski definition) is 5. The summed E-state index contributed by atoms with van der Waals surface area (Å²) in [6.07, 6.45) is 0.579. The van der Waals surface area contributed by atoms with Crippen molar-refractivity contribution in [2.24, 2.45) is 0 Å². The molecule has 130 valence electrons. The van der Waals surface area contributed by atoms with Crippen molar-refractivity contribution in [1.29, 1.82) is 0 Å². The van der Waals surface area contributed by atoms with Gasteiger partial charge in [-0.05, 0) is 33.2 Å². The van der Waals surface area contributed by atoms with Gasteiger partial charge in [-0.15, -0.1) is 11.3 Å². The van der Waals surface area contributed by atoms with Crippen LogP contribution in [0.25, 0.3) is 10.2 Å². The van der Waals surface area contributed by atoms with Gasteiger partial charge in [0, 0.05) is 39.1 Å². The van der Waals surface area contributed by atoms with Crippen molar-refractivity contribution in [3.63, 3.8) is 0 Å². The summed E-state index contributed by atoms with van der Waals surface area (Å²) >= 11 is 1.74. The van der Waals surface area contributed by atoms with Gasteiger partial charge in [0.15, 0.2) is 0 Å². The first kappa shape index (κ1) is 17.3. The number of carbonyl (C=O) groups is 1. The van der Waals surface area contributed by atoms with E-state index in [1.54, 1.807) is 11.3 Å². The molecule has 24 heavy (non-hydrogen) atoms. The fourth-order valence-electron chi connectivity index (χ4n) is 2.94. The van der Waals surface area contributed by atoms with Crippen LogP contribution in [0.4, 0.5) is 0 Å². The molecule has 1 aromatic heterocycles. The van der Waals surface area contributed by atoms with Gasteiger partial charge < -0.3 is 9.80 Å². The van der Waals surface area contributed by atoms with Gasteiger partial charge in [-0.1, -0.05) is 12.1 Å². The van der Waals surface area contributed by atoms with Crippen LogP contribution in [0.3, 0.4) is 0 Å². The largest absolute Gasteiger partial charge is 0.340 e. The number of thiazole rings is 1. The van der Waals surface area contributed by atoms with Crippen molar-refractivity contribution in [1.82, 2.24) is 19.7 Å². The van der Waals surface area contributed by atoms with E-state index < -0.39 is 0 Å². The standard InChI is InChI=1S/C18H26N4OS/c1-14(18-19-15-6-4-5-7-16(15)24-18)21(3)9-8-17(23)22-12-10-20(2)11-13-22/h4-7,14H,8-13H2,1-3H3. The molecule has 1 saturated heterocycles. The lowest BCUT2D eigenvalue weighted by molar-refractivity contribution is -0.133. The molecule has 5 nitrogen and oxygen atoms in total. The Bertz CT molecular complexity index is 660. The molecule has 6 heteroatoms. The van der Waals surface area contributed by atoms with E-state index in [1.165, 1.54) is 4.70 Å². The van der Waals surface area contributed by atoms with Crippen LogP contribution in [0, 0.1) is 0 Å². The molecule has 0 spiro atoms. The molecule has 1 aromatic carbocycles. The van der Waals surface area contributed by atoms with Gasteiger partial charge in [0.25, 0.3) is 0 Å². The average Bonchev–Trinajstić information content (AvgIpc) is 3.03. The third-order valence-corrected chi connectivity index (χ3v) is 6.07. The molecular formula is C18H26N4OS. The Morgan fingerprint density at radius 2 is 2.00 bits per heavy atom. The molecule has 1 atom stereocenters. The SMILES string of the molecule is CC(c1nc2ccccc2s1)N(C)CCC(=O)N1CCN(C)CC1. The zero-order valence-corrected chi connectivity index (χ0v) is 15.6. The van der Waals surface area contributed by atoms with E-state index >= 15 is 0 Å². The topological polar surface area (TPSA) is 39.7 Å². The average molecular weight is 347 g/mol. The first-order valence-electron chi connectivity index (χ1n) is 8.56. The number of likely N-dealkylation sites (N-methyl/N-ethyl adjacent to an activating group) is 1.